The molecule has 196 valence electrons. The zero-order chi connectivity index (χ0) is 27.1. The van der Waals surface area contributed by atoms with E-state index in [4.69, 9.17) is 0 Å². The lowest BCUT2D eigenvalue weighted by Gasteiger charge is -2.20. The third-order valence-corrected chi connectivity index (χ3v) is 9.25. The van der Waals surface area contributed by atoms with E-state index in [1.54, 1.807) is 11.1 Å². The van der Waals surface area contributed by atoms with Crippen LogP contribution in [0.25, 0.3) is 27.8 Å². The van der Waals surface area contributed by atoms with Crippen LogP contribution in [-0.4, -0.2) is 0 Å². The summed E-state index contributed by atoms with van der Waals surface area (Å²) in [5.41, 5.74) is 16.9. The van der Waals surface area contributed by atoms with Crippen molar-refractivity contribution in [3.8, 4) is 22.3 Å². The quantitative estimate of drug-likeness (QED) is 0.247. The van der Waals surface area contributed by atoms with Crippen LogP contribution >= 0.6 is 0 Å². The molecule has 0 bridgehead atoms. The van der Waals surface area contributed by atoms with E-state index in [1.165, 1.54) is 55.6 Å². The number of hydrogen-bond acceptors (Lipinski definition) is 0. The summed E-state index contributed by atoms with van der Waals surface area (Å²) in [5.74, 6) is 1.07. The summed E-state index contributed by atoms with van der Waals surface area (Å²) < 4.78 is 0. The smallest absolute Gasteiger partial charge is 0.00950 e. The SMILES string of the molecule is Cc1ccc(-c2ccc3c(c2)C2CC=CC=C2C3C)cc1C1=C(Cc2ccc(-c3ccccc3)cc2)CCC=C1. The van der Waals surface area contributed by atoms with Crippen LogP contribution in [0.4, 0.5) is 0 Å². The number of rotatable bonds is 5. The van der Waals surface area contributed by atoms with Gasteiger partial charge in [-0.25, -0.2) is 0 Å². The van der Waals surface area contributed by atoms with Crippen molar-refractivity contribution in [3.05, 3.63) is 160 Å². The summed E-state index contributed by atoms with van der Waals surface area (Å²) in [5, 5.41) is 0. The molecule has 2 unspecified atom stereocenters. The Bertz CT molecular complexity index is 1690. The van der Waals surface area contributed by atoms with Gasteiger partial charge in [0.1, 0.15) is 0 Å². The molecular formula is C40H36. The molecule has 0 aromatic heterocycles. The van der Waals surface area contributed by atoms with Crippen molar-refractivity contribution in [1.29, 1.82) is 0 Å². The molecule has 0 spiro atoms. The summed E-state index contributed by atoms with van der Waals surface area (Å²) in [7, 11) is 0. The maximum absolute atomic E-state index is 2.48. The highest BCUT2D eigenvalue weighted by atomic mass is 14.4. The van der Waals surface area contributed by atoms with Gasteiger partial charge >= 0.3 is 0 Å². The highest BCUT2D eigenvalue weighted by Crippen LogP contribution is 2.50. The first-order chi connectivity index (χ1) is 19.7. The van der Waals surface area contributed by atoms with Crippen LogP contribution in [0.3, 0.4) is 0 Å². The Balaban J connectivity index is 1.21. The van der Waals surface area contributed by atoms with Crippen molar-refractivity contribution in [2.45, 2.75) is 51.4 Å². The van der Waals surface area contributed by atoms with Gasteiger partial charge in [0.05, 0.1) is 0 Å². The molecule has 0 amide bonds. The number of benzene rings is 4. The summed E-state index contributed by atoms with van der Waals surface area (Å²) in [6, 6.07) is 34.1. The lowest BCUT2D eigenvalue weighted by atomic mass is 9.85. The van der Waals surface area contributed by atoms with Crippen LogP contribution in [0.2, 0.25) is 0 Å². The van der Waals surface area contributed by atoms with E-state index in [1.807, 2.05) is 0 Å². The molecular weight excluding hydrogens is 480 g/mol. The lowest BCUT2D eigenvalue weighted by Crippen LogP contribution is -2.01. The maximum Gasteiger partial charge on any atom is 0.00950 e. The van der Waals surface area contributed by atoms with Crippen LogP contribution < -0.4 is 0 Å². The first kappa shape index (κ1) is 24.9. The molecule has 0 saturated heterocycles. The van der Waals surface area contributed by atoms with Gasteiger partial charge in [-0.2, -0.15) is 0 Å². The minimum atomic E-state index is 0.523. The summed E-state index contributed by atoms with van der Waals surface area (Å²) >= 11 is 0. The minimum absolute atomic E-state index is 0.523. The second-order valence-electron chi connectivity index (χ2n) is 11.7. The van der Waals surface area contributed by atoms with Gasteiger partial charge in [0.25, 0.3) is 0 Å². The number of fused-ring (bicyclic) bond motifs is 3. The van der Waals surface area contributed by atoms with Gasteiger partial charge in [-0.1, -0.05) is 133 Å². The van der Waals surface area contributed by atoms with Crippen molar-refractivity contribution in [1.82, 2.24) is 0 Å². The lowest BCUT2D eigenvalue weighted by molar-refractivity contribution is 0.780. The number of hydrogen-bond donors (Lipinski definition) is 0. The van der Waals surface area contributed by atoms with E-state index in [-0.39, 0.29) is 0 Å². The highest BCUT2D eigenvalue weighted by molar-refractivity contribution is 5.83. The summed E-state index contributed by atoms with van der Waals surface area (Å²) in [4.78, 5) is 0. The molecule has 2 atom stereocenters. The van der Waals surface area contributed by atoms with Gasteiger partial charge < -0.3 is 0 Å². The minimum Gasteiger partial charge on any atom is -0.0836 e. The van der Waals surface area contributed by atoms with Crippen molar-refractivity contribution >= 4 is 5.57 Å². The van der Waals surface area contributed by atoms with Crippen molar-refractivity contribution in [2.75, 3.05) is 0 Å². The molecule has 4 aromatic rings. The van der Waals surface area contributed by atoms with Gasteiger partial charge in [0.2, 0.25) is 0 Å². The molecule has 4 aromatic carbocycles. The average molecular weight is 517 g/mol. The van der Waals surface area contributed by atoms with E-state index in [2.05, 4.69) is 135 Å². The average Bonchev–Trinajstić information content (AvgIpc) is 3.30. The standard InChI is InChI=1S/C40H36/c1-27-16-19-32(33-22-23-36-28(2)35-13-8-9-15-38(35)40(36)26-33)25-39(27)37-14-7-6-12-34(37)24-29-17-20-31(21-18-29)30-10-4-3-5-11-30/h3-5,7-11,13-14,16-23,25-26,28,38H,6,12,15,24H2,1-2H3. The molecule has 7 rings (SSSR count). The van der Waals surface area contributed by atoms with Crippen LogP contribution in [0, 0.1) is 6.92 Å². The molecule has 3 aliphatic carbocycles. The monoisotopic (exact) mass is 516 g/mol. The molecule has 0 heterocycles. The van der Waals surface area contributed by atoms with Gasteiger partial charge in [-0.15, -0.1) is 0 Å². The third-order valence-electron chi connectivity index (χ3n) is 9.25. The van der Waals surface area contributed by atoms with E-state index >= 15 is 0 Å². The summed E-state index contributed by atoms with van der Waals surface area (Å²) in [6.07, 6.45) is 16.0. The predicted molar refractivity (Wildman–Crippen MR) is 170 cm³/mol. The Hall–Kier alpha value is -4.16. The van der Waals surface area contributed by atoms with E-state index in [0.717, 1.165) is 25.7 Å². The van der Waals surface area contributed by atoms with Crippen LogP contribution in [0.5, 0.6) is 0 Å². The summed E-state index contributed by atoms with van der Waals surface area (Å²) in [6.45, 7) is 4.63. The van der Waals surface area contributed by atoms with E-state index < -0.39 is 0 Å². The third kappa shape index (κ3) is 4.52. The Morgan fingerprint density at radius 2 is 1.48 bits per heavy atom. The number of allylic oxidation sites excluding steroid dienone is 8. The van der Waals surface area contributed by atoms with Gasteiger partial charge in [-0.3, -0.25) is 0 Å². The molecule has 0 saturated carbocycles. The topological polar surface area (TPSA) is 0 Å². The van der Waals surface area contributed by atoms with E-state index in [9.17, 15) is 0 Å². The second kappa shape index (κ2) is 10.4. The Morgan fingerprint density at radius 3 is 2.33 bits per heavy atom. The molecule has 0 radical (unpaired) electrons. The zero-order valence-corrected chi connectivity index (χ0v) is 23.5. The molecule has 0 nitrogen and oxygen atoms in total. The molecule has 3 aliphatic rings. The second-order valence-corrected chi connectivity index (χ2v) is 11.7. The van der Waals surface area contributed by atoms with Gasteiger partial charge in [-0.05, 0) is 94.3 Å². The molecule has 40 heavy (non-hydrogen) atoms. The predicted octanol–water partition coefficient (Wildman–Crippen LogP) is 10.8. The Kier molecular flexibility index (Phi) is 6.48. The van der Waals surface area contributed by atoms with Crippen LogP contribution in [0.1, 0.15) is 65.8 Å². The van der Waals surface area contributed by atoms with Crippen LogP contribution in [0.15, 0.2) is 133 Å². The van der Waals surface area contributed by atoms with E-state index in [0.29, 0.717) is 11.8 Å². The first-order valence-electron chi connectivity index (χ1n) is 14.8. The molecule has 0 aliphatic heterocycles. The van der Waals surface area contributed by atoms with Crippen molar-refractivity contribution < 1.29 is 0 Å². The first-order valence-corrected chi connectivity index (χ1v) is 14.8. The largest absolute Gasteiger partial charge is 0.0836 e. The molecule has 0 heteroatoms. The van der Waals surface area contributed by atoms with Gasteiger partial charge in [0, 0.05) is 11.8 Å². The number of aryl methyl sites for hydroxylation is 1. The molecule has 0 N–H and O–H groups in total. The maximum atomic E-state index is 2.48. The van der Waals surface area contributed by atoms with Gasteiger partial charge in [0.15, 0.2) is 0 Å². The Morgan fingerprint density at radius 1 is 0.725 bits per heavy atom. The Labute approximate surface area is 239 Å². The fourth-order valence-electron chi connectivity index (χ4n) is 6.99. The fraction of sp³-hybridized carbons (Fsp3) is 0.200. The highest BCUT2D eigenvalue weighted by Gasteiger charge is 2.33. The fourth-order valence-corrected chi connectivity index (χ4v) is 6.99. The van der Waals surface area contributed by atoms with Crippen molar-refractivity contribution in [3.63, 3.8) is 0 Å². The molecule has 0 fully saturated rings. The van der Waals surface area contributed by atoms with Crippen molar-refractivity contribution in [2.24, 2.45) is 0 Å². The van der Waals surface area contributed by atoms with Crippen LogP contribution in [-0.2, 0) is 6.42 Å². The zero-order valence-electron chi connectivity index (χ0n) is 23.5. The normalized spacial score (nSPS) is 19.4.